The monoisotopic (exact) mass is 291 g/mol. The molecule has 0 heterocycles. The van der Waals surface area contributed by atoms with E-state index >= 15 is 0 Å². The summed E-state index contributed by atoms with van der Waals surface area (Å²) >= 11 is 0. The van der Waals surface area contributed by atoms with Crippen LogP contribution in [0.4, 0.5) is 0 Å². The molecule has 114 valence electrons. The predicted molar refractivity (Wildman–Crippen MR) is 79.7 cm³/mol. The van der Waals surface area contributed by atoms with E-state index in [9.17, 15) is 4.79 Å². The molecule has 0 saturated carbocycles. The number of amides is 1. The van der Waals surface area contributed by atoms with Crippen molar-refractivity contribution in [1.29, 1.82) is 0 Å². The second kappa shape index (κ2) is 13.7. The minimum atomic E-state index is -2.32. The van der Waals surface area contributed by atoms with E-state index < -0.39 is 14.7 Å². The van der Waals surface area contributed by atoms with Gasteiger partial charge in [0.15, 0.2) is 0 Å². The highest BCUT2D eigenvalue weighted by molar-refractivity contribution is 6.60. The van der Waals surface area contributed by atoms with E-state index in [0.717, 1.165) is 25.0 Å². The first-order valence-electron chi connectivity index (χ1n) is 6.85. The lowest BCUT2D eigenvalue weighted by Gasteiger charge is -2.28. The number of carbonyl (C=O) groups is 1. The lowest BCUT2D eigenvalue weighted by molar-refractivity contribution is -0.113. The van der Waals surface area contributed by atoms with Crippen LogP contribution in [-0.4, -0.2) is 34.5 Å². The van der Waals surface area contributed by atoms with Crippen molar-refractivity contribution in [3.8, 4) is 0 Å². The van der Waals surface area contributed by atoms with Crippen LogP contribution in [0.3, 0.4) is 0 Å². The third-order valence-corrected chi connectivity index (χ3v) is 5.28. The largest absolute Gasteiger partial charge is 0.500 e. The smallest absolute Gasteiger partial charge is 0.374 e. The van der Waals surface area contributed by atoms with Crippen LogP contribution in [0.15, 0.2) is 12.7 Å². The molecule has 0 aromatic heterocycles. The Morgan fingerprint density at radius 2 is 1.47 bits per heavy atom. The average molecular weight is 291 g/mol. The Balaban J connectivity index is 0. The molecule has 19 heavy (non-hydrogen) atoms. The van der Waals surface area contributed by atoms with E-state index in [0.29, 0.717) is 19.8 Å². The molecule has 5 nitrogen and oxygen atoms in total. The first kappa shape index (κ1) is 20.6. The summed E-state index contributed by atoms with van der Waals surface area (Å²) in [5.74, 6) is -0.481. The number of primary amides is 1. The highest BCUT2D eigenvalue weighted by atomic mass is 28.4. The van der Waals surface area contributed by atoms with Gasteiger partial charge in [0, 0.05) is 25.9 Å². The molecule has 0 unspecified atom stereocenters. The Kier molecular flexibility index (Phi) is 14.9. The van der Waals surface area contributed by atoms with E-state index in [2.05, 4.69) is 19.2 Å². The summed E-state index contributed by atoms with van der Waals surface area (Å²) in [5, 5.41) is 0. The topological polar surface area (TPSA) is 70.8 Å². The van der Waals surface area contributed by atoms with Crippen LogP contribution in [0.2, 0.25) is 6.04 Å². The maximum absolute atomic E-state index is 9.47. The summed E-state index contributed by atoms with van der Waals surface area (Å²) < 4.78 is 17.1. The van der Waals surface area contributed by atoms with E-state index in [1.807, 2.05) is 20.8 Å². The van der Waals surface area contributed by atoms with Crippen molar-refractivity contribution in [3.05, 3.63) is 12.7 Å². The third kappa shape index (κ3) is 12.1. The lowest BCUT2D eigenvalue weighted by Crippen LogP contribution is -2.45. The van der Waals surface area contributed by atoms with E-state index in [4.69, 9.17) is 13.3 Å². The molecule has 0 spiro atoms. The lowest BCUT2D eigenvalue weighted by atomic mass is 10.4. The van der Waals surface area contributed by atoms with Crippen LogP contribution in [-0.2, 0) is 18.1 Å². The Hall–Kier alpha value is -0.693. The van der Waals surface area contributed by atoms with Gasteiger partial charge >= 0.3 is 8.80 Å². The second-order valence-electron chi connectivity index (χ2n) is 3.69. The first-order chi connectivity index (χ1) is 9.01. The Labute approximate surface area is 118 Å². The summed E-state index contributed by atoms with van der Waals surface area (Å²) in [6, 6.07) is 0.943. The molecule has 0 aromatic carbocycles. The molecule has 0 bridgehead atoms. The van der Waals surface area contributed by atoms with Crippen molar-refractivity contribution < 1.29 is 18.1 Å². The second-order valence-corrected chi connectivity index (χ2v) is 6.42. The molecule has 0 rings (SSSR count). The number of carbonyl (C=O) groups excluding carboxylic acids is 1. The zero-order valence-corrected chi connectivity index (χ0v) is 13.7. The van der Waals surface area contributed by atoms with Crippen LogP contribution >= 0.6 is 0 Å². The van der Waals surface area contributed by atoms with Crippen LogP contribution < -0.4 is 5.73 Å². The normalized spacial score (nSPS) is 10.5. The van der Waals surface area contributed by atoms with Gasteiger partial charge in [0.05, 0.1) is 0 Å². The summed E-state index contributed by atoms with van der Waals surface area (Å²) in [4.78, 5) is 9.47. The minimum absolute atomic E-state index is 0.481. The van der Waals surface area contributed by atoms with Crippen LogP contribution in [0.25, 0.3) is 0 Å². The SMILES string of the molecule is C=CC(N)=O.CCCC[Si](OCC)(OCC)OCC. The fourth-order valence-electron chi connectivity index (χ4n) is 1.39. The molecular weight excluding hydrogens is 262 g/mol. The molecule has 0 radical (unpaired) electrons. The maximum atomic E-state index is 9.47. The molecule has 0 aliphatic heterocycles. The van der Waals surface area contributed by atoms with Crippen molar-refractivity contribution >= 4 is 14.7 Å². The third-order valence-electron chi connectivity index (χ3n) is 2.13. The van der Waals surface area contributed by atoms with Crippen molar-refractivity contribution in [3.63, 3.8) is 0 Å². The van der Waals surface area contributed by atoms with Crippen LogP contribution in [0.5, 0.6) is 0 Å². The summed E-state index contributed by atoms with van der Waals surface area (Å²) in [6.45, 7) is 13.3. The fourth-order valence-corrected chi connectivity index (χ4v) is 4.18. The van der Waals surface area contributed by atoms with Gasteiger partial charge in [0.1, 0.15) is 0 Å². The quantitative estimate of drug-likeness (QED) is 0.496. The highest BCUT2D eigenvalue weighted by Gasteiger charge is 2.39. The van der Waals surface area contributed by atoms with Crippen LogP contribution in [0, 0.1) is 0 Å². The summed E-state index contributed by atoms with van der Waals surface area (Å²) in [7, 11) is -2.32. The minimum Gasteiger partial charge on any atom is -0.374 e. The van der Waals surface area contributed by atoms with E-state index in [1.54, 1.807) is 0 Å². The van der Waals surface area contributed by atoms with E-state index in [1.165, 1.54) is 0 Å². The molecule has 0 aromatic rings. The fraction of sp³-hybridized carbons (Fsp3) is 0.769. The molecule has 0 aliphatic rings. The molecule has 0 fully saturated rings. The van der Waals surface area contributed by atoms with Gasteiger partial charge in [-0.25, -0.2) is 0 Å². The Morgan fingerprint density at radius 1 is 1.11 bits per heavy atom. The van der Waals surface area contributed by atoms with Gasteiger partial charge in [-0.3, -0.25) is 4.79 Å². The maximum Gasteiger partial charge on any atom is 0.500 e. The molecule has 6 heteroatoms. The van der Waals surface area contributed by atoms with Gasteiger partial charge in [-0.2, -0.15) is 0 Å². The van der Waals surface area contributed by atoms with Gasteiger partial charge in [0.25, 0.3) is 0 Å². The van der Waals surface area contributed by atoms with Crippen LogP contribution in [0.1, 0.15) is 40.5 Å². The number of hydrogen-bond donors (Lipinski definition) is 1. The summed E-state index contributed by atoms with van der Waals surface area (Å²) in [5.41, 5.74) is 4.53. The zero-order chi connectivity index (χ0) is 15.1. The molecule has 1 amide bonds. The van der Waals surface area contributed by atoms with Gasteiger partial charge in [-0.05, 0) is 33.3 Å². The highest BCUT2D eigenvalue weighted by Crippen LogP contribution is 2.18. The van der Waals surface area contributed by atoms with Gasteiger partial charge in [-0.15, -0.1) is 0 Å². The standard InChI is InChI=1S/C10H24O3Si.C3H5NO/c1-5-9-10-14(11-6-2,12-7-3)13-8-4;1-2-3(4)5/h5-10H2,1-4H3;2H,1H2,(H2,4,5). The van der Waals surface area contributed by atoms with Crippen molar-refractivity contribution in [2.45, 2.75) is 46.6 Å². The van der Waals surface area contributed by atoms with Gasteiger partial charge in [-0.1, -0.05) is 19.9 Å². The molecule has 2 N–H and O–H groups in total. The number of hydrogen-bond acceptors (Lipinski definition) is 4. The molecule has 0 aliphatic carbocycles. The molecule has 0 atom stereocenters. The van der Waals surface area contributed by atoms with Gasteiger partial charge in [0.2, 0.25) is 5.91 Å². The van der Waals surface area contributed by atoms with E-state index in [-0.39, 0.29) is 0 Å². The Morgan fingerprint density at radius 3 is 1.68 bits per heavy atom. The number of nitrogens with two attached hydrogens (primary N) is 1. The number of unbranched alkanes of at least 4 members (excludes halogenated alkanes) is 1. The zero-order valence-electron chi connectivity index (χ0n) is 12.7. The number of rotatable bonds is 10. The van der Waals surface area contributed by atoms with Crippen molar-refractivity contribution in [2.75, 3.05) is 19.8 Å². The molecular formula is C13H29NO4Si. The van der Waals surface area contributed by atoms with Gasteiger partial charge < -0.3 is 19.0 Å². The summed E-state index contributed by atoms with van der Waals surface area (Å²) in [6.07, 6.45) is 3.33. The molecule has 0 saturated heterocycles. The Bertz CT molecular complexity index is 220. The van der Waals surface area contributed by atoms with Crippen molar-refractivity contribution in [2.24, 2.45) is 5.73 Å². The predicted octanol–water partition coefficient (Wildman–Crippen LogP) is 2.49. The van der Waals surface area contributed by atoms with Crippen molar-refractivity contribution in [1.82, 2.24) is 0 Å². The average Bonchev–Trinajstić information content (AvgIpc) is 2.38. The first-order valence-corrected chi connectivity index (χ1v) is 8.78.